The molecular formula is C9H19F2NO. The zero-order valence-electron chi connectivity index (χ0n) is 8.48. The van der Waals surface area contributed by atoms with Crippen LogP contribution in [-0.2, 0) is 0 Å². The largest absolute Gasteiger partial charge is 0.384 e. The monoisotopic (exact) mass is 195 g/mol. The highest BCUT2D eigenvalue weighted by molar-refractivity contribution is 4.76. The van der Waals surface area contributed by atoms with Crippen molar-refractivity contribution in [2.45, 2.75) is 39.2 Å². The highest BCUT2D eigenvalue weighted by atomic mass is 19.3. The van der Waals surface area contributed by atoms with Crippen LogP contribution in [0.25, 0.3) is 0 Å². The summed E-state index contributed by atoms with van der Waals surface area (Å²) in [6.45, 7) is 6.46. The van der Waals surface area contributed by atoms with E-state index in [1.807, 2.05) is 13.8 Å². The summed E-state index contributed by atoms with van der Waals surface area (Å²) in [5, 5.41) is 12.2. The molecule has 0 aromatic carbocycles. The van der Waals surface area contributed by atoms with E-state index in [0.717, 1.165) is 13.5 Å². The second-order valence-corrected chi connectivity index (χ2v) is 4.01. The van der Waals surface area contributed by atoms with Crippen LogP contribution in [-0.4, -0.2) is 30.2 Å². The molecule has 1 atom stereocenters. The highest BCUT2D eigenvalue weighted by Crippen LogP contribution is 2.18. The lowest BCUT2D eigenvalue weighted by molar-refractivity contribution is -0.0871. The molecule has 1 unspecified atom stereocenters. The molecule has 0 aromatic rings. The standard InChI is InChI=1S/C9H19F2NO/c1-7(2)6-12-5-4-9(3,13)8(10)11/h7-8,12-13H,4-6H2,1-3H3. The Labute approximate surface area is 78.3 Å². The summed E-state index contributed by atoms with van der Waals surface area (Å²) in [7, 11) is 0. The third-order valence-corrected chi connectivity index (χ3v) is 1.83. The van der Waals surface area contributed by atoms with Gasteiger partial charge in [0.2, 0.25) is 0 Å². The molecule has 0 bridgehead atoms. The van der Waals surface area contributed by atoms with Gasteiger partial charge >= 0.3 is 0 Å². The molecule has 2 N–H and O–H groups in total. The first-order valence-corrected chi connectivity index (χ1v) is 4.57. The van der Waals surface area contributed by atoms with E-state index in [1.165, 1.54) is 0 Å². The molecule has 0 amide bonds. The average molecular weight is 195 g/mol. The van der Waals surface area contributed by atoms with Gasteiger partial charge in [-0.05, 0) is 32.4 Å². The van der Waals surface area contributed by atoms with Crippen molar-refractivity contribution in [3.05, 3.63) is 0 Å². The van der Waals surface area contributed by atoms with E-state index in [4.69, 9.17) is 5.11 Å². The van der Waals surface area contributed by atoms with Crippen LogP contribution in [0, 0.1) is 5.92 Å². The summed E-state index contributed by atoms with van der Waals surface area (Å²) < 4.78 is 24.2. The van der Waals surface area contributed by atoms with Gasteiger partial charge in [-0.3, -0.25) is 0 Å². The highest BCUT2D eigenvalue weighted by Gasteiger charge is 2.31. The first-order valence-electron chi connectivity index (χ1n) is 4.57. The second-order valence-electron chi connectivity index (χ2n) is 4.01. The lowest BCUT2D eigenvalue weighted by Crippen LogP contribution is -2.37. The van der Waals surface area contributed by atoms with Crippen LogP contribution < -0.4 is 5.32 Å². The first kappa shape index (κ1) is 12.8. The number of alkyl halides is 2. The van der Waals surface area contributed by atoms with Crippen LogP contribution in [0.4, 0.5) is 8.78 Å². The van der Waals surface area contributed by atoms with Crippen molar-refractivity contribution < 1.29 is 13.9 Å². The van der Waals surface area contributed by atoms with Crippen molar-refractivity contribution in [1.29, 1.82) is 0 Å². The van der Waals surface area contributed by atoms with E-state index in [1.54, 1.807) is 0 Å². The topological polar surface area (TPSA) is 32.3 Å². The molecule has 2 nitrogen and oxygen atoms in total. The minimum atomic E-state index is -2.67. The van der Waals surface area contributed by atoms with E-state index in [9.17, 15) is 8.78 Å². The molecule has 4 heteroatoms. The van der Waals surface area contributed by atoms with E-state index in [0.29, 0.717) is 12.5 Å². The van der Waals surface area contributed by atoms with Gasteiger partial charge in [-0.1, -0.05) is 13.8 Å². The molecule has 0 aliphatic carbocycles. The van der Waals surface area contributed by atoms with E-state index in [-0.39, 0.29) is 6.42 Å². The summed E-state index contributed by atoms with van der Waals surface area (Å²) in [6.07, 6.45) is -2.59. The lowest BCUT2D eigenvalue weighted by Gasteiger charge is -2.22. The maximum atomic E-state index is 12.1. The predicted molar refractivity (Wildman–Crippen MR) is 49.0 cm³/mol. The number of hydrogen-bond donors (Lipinski definition) is 2. The Balaban J connectivity index is 3.52. The van der Waals surface area contributed by atoms with Crippen LogP contribution in [0.1, 0.15) is 27.2 Å². The average Bonchev–Trinajstić information content (AvgIpc) is 1.97. The van der Waals surface area contributed by atoms with E-state index >= 15 is 0 Å². The maximum absolute atomic E-state index is 12.1. The lowest BCUT2D eigenvalue weighted by atomic mass is 10.0. The Morgan fingerprint density at radius 3 is 2.31 bits per heavy atom. The third-order valence-electron chi connectivity index (χ3n) is 1.83. The normalized spacial score (nSPS) is 16.6. The van der Waals surface area contributed by atoms with Gasteiger partial charge in [-0.25, -0.2) is 8.78 Å². The van der Waals surface area contributed by atoms with Crippen LogP contribution in [0.3, 0.4) is 0 Å². The van der Waals surface area contributed by atoms with Crippen molar-refractivity contribution in [2.75, 3.05) is 13.1 Å². The molecular weight excluding hydrogens is 176 g/mol. The molecule has 80 valence electrons. The molecule has 0 aliphatic rings. The first-order chi connectivity index (χ1) is 5.86. The second kappa shape index (κ2) is 5.50. The van der Waals surface area contributed by atoms with E-state index in [2.05, 4.69) is 5.32 Å². The van der Waals surface area contributed by atoms with Crippen LogP contribution in [0.15, 0.2) is 0 Å². The zero-order valence-corrected chi connectivity index (χ0v) is 8.48. The molecule has 0 rings (SSSR count). The van der Waals surface area contributed by atoms with Crippen molar-refractivity contribution in [2.24, 2.45) is 5.92 Å². The Hall–Kier alpha value is -0.220. The zero-order chi connectivity index (χ0) is 10.5. The molecule has 0 spiro atoms. The number of rotatable bonds is 6. The molecule has 0 aliphatic heterocycles. The summed E-state index contributed by atoms with van der Waals surface area (Å²) >= 11 is 0. The van der Waals surface area contributed by atoms with Gasteiger partial charge in [0.15, 0.2) is 0 Å². The Morgan fingerprint density at radius 2 is 1.92 bits per heavy atom. The van der Waals surface area contributed by atoms with Crippen LogP contribution in [0.2, 0.25) is 0 Å². The van der Waals surface area contributed by atoms with Gasteiger partial charge in [-0.2, -0.15) is 0 Å². The van der Waals surface area contributed by atoms with Gasteiger partial charge in [-0.15, -0.1) is 0 Å². The van der Waals surface area contributed by atoms with Gasteiger partial charge in [0.25, 0.3) is 6.43 Å². The number of halogens is 2. The van der Waals surface area contributed by atoms with Crippen molar-refractivity contribution >= 4 is 0 Å². The van der Waals surface area contributed by atoms with Gasteiger partial charge in [0.05, 0.1) is 0 Å². The quantitative estimate of drug-likeness (QED) is 0.631. The fourth-order valence-corrected chi connectivity index (χ4v) is 0.841. The molecule has 0 radical (unpaired) electrons. The number of hydrogen-bond acceptors (Lipinski definition) is 2. The molecule has 13 heavy (non-hydrogen) atoms. The minimum absolute atomic E-state index is 0.0807. The fourth-order valence-electron chi connectivity index (χ4n) is 0.841. The number of nitrogens with one attached hydrogen (secondary N) is 1. The molecule has 0 fully saturated rings. The maximum Gasteiger partial charge on any atom is 0.266 e. The summed E-state index contributed by atoms with van der Waals surface area (Å²) in [4.78, 5) is 0. The Bertz CT molecular complexity index is 138. The Morgan fingerprint density at radius 1 is 1.38 bits per heavy atom. The summed E-state index contributed by atoms with van der Waals surface area (Å²) in [5.41, 5.74) is -1.86. The van der Waals surface area contributed by atoms with Crippen molar-refractivity contribution in [3.63, 3.8) is 0 Å². The Kier molecular flexibility index (Phi) is 5.40. The fraction of sp³-hybridized carbons (Fsp3) is 1.00. The predicted octanol–water partition coefficient (Wildman–Crippen LogP) is 1.64. The third kappa shape index (κ3) is 5.93. The molecule has 0 aromatic heterocycles. The SMILES string of the molecule is CC(C)CNCCC(C)(O)C(F)F. The van der Waals surface area contributed by atoms with E-state index < -0.39 is 12.0 Å². The van der Waals surface area contributed by atoms with Gasteiger partial charge < -0.3 is 10.4 Å². The van der Waals surface area contributed by atoms with Crippen molar-refractivity contribution in [3.8, 4) is 0 Å². The van der Waals surface area contributed by atoms with Gasteiger partial charge in [0, 0.05) is 0 Å². The summed E-state index contributed by atoms with van der Waals surface area (Å²) in [6, 6.07) is 0. The molecule has 0 saturated heterocycles. The molecule has 0 saturated carbocycles. The van der Waals surface area contributed by atoms with Crippen LogP contribution in [0.5, 0.6) is 0 Å². The van der Waals surface area contributed by atoms with Crippen LogP contribution >= 0.6 is 0 Å². The minimum Gasteiger partial charge on any atom is -0.384 e. The number of aliphatic hydroxyl groups is 1. The van der Waals surface area contributed by atoms with Gasteiger partial charge in [0.1, 0.15) is 5.60 Å². The summed E-state index contributed by atoms with van der Waals surface area (Å²) in [5.74, 6) is 0.497. The molecule has 0 heterocycles. The smallest absolute Gasteiger partial charge is 0.266 e. The van der Waals surface area contributed by atoms with Crippen molar-refractivity contribution in [1.82, 2.24) is 5.32 Å².